The number of nitrogens with zero attached hydrogens (tertiary/aromatic N) is 2. The van der Waals surface area contributed by atoms with E-state index in [9.17, 15) is 0 Å². The maximum Gasteiger partial charge on any atom is 0.145 e. The molecule has 0 aliphatic heterocycles. The van der Waals surface area contributed by atoms with E-state index in [2.05, 4.69) is 40.4 Å². The molecule has 0 amide bonds. The van der Waals surface area contributed by atoms with E-state index in [1.54, 1.807) is 0 Å². The minimum atomic E-state index is 0.425. The van der Waals surface area contributed by atoms with E-state index in [1.807, 2.05) is 85.8 Å². The van der Waals surface area contributed by atoms with E-state index in [0.29, 0.717) is 19.0 Å². The molecule has 0 aliphatic carbocycles. The largest absolute Gasteiger partial charge is 0.361 e. The van der Waals surface area contributed by atoms with Crippen molar-refractivity contribution in [3.63, 3.8) is 0 Å². The summed E-state index contributed by atoms with van der Waals surface area (Å²) in [5.41, 5.74) is 5.42. The van der Waals surface area contributed by atoms with Crippen molar-refractivity contribution in [1.82, 2.24) is 9.55 Å². The first-order chi connectivity index (χ1) is 16.3. The van der Waals surface area contributed by atoms with E-state index in [-0.39, 0.29) is 0 Å². The van der Waals surface area contributed by atoms with Gasteiger partial charge in [0.1, 0.15) is 18.1 Å². The number of pyridine rings is 1. The van der Waals surface area contributed by atoms with Crippen LogP contribution in [0.4, 0.5) is 0 Å². The summed E-state index contributed by atoms with van der Waals surface area (Å²) in [5.74, 6) is 13.2. The van der Waals surface area contributed by atoms with Gasteiger partial charge in [0.25, 0.3) is 0 Å². The van der Waals surface area contributed by atoms with Crippen LogP contribution in [0.2, 0.25) is 0 Å². The summed E-state index contributed by atoms with van der Waals surface area (Å²) in [5, 5.41) is 2.14. The lowest BCUT2D eigenvalue weighted by molar-refractivity contribution is 0.0932. The van der Waals surface area contributed by atoms with Gasteiger partial charge >= 0.3 is 0 Å². The smallest absolute Gasteiger partial charge is 0.145 e. The second kappa shape index (κ2) is 9.45. The molecule has 0 radical (unpaired) electrons. The number of fused-ring (bicyclic) bond motifs is 3. The molecule has 0 fully saturated rings. The molecule has 5 rings (SSSR count). The summed E-state index contributed by atoms with van der Waals surface area (Å²) in [7, 11) is 0. The molecule has 3 nitrogen and oxygen atoms in total. The molecule has 0 spiro atoms. The monoisotopic (exact) mass is 426 g/mol. The number of ether oxygens (including phenoxy) is 1. The lowest BCUT2D eigenvalue weighted by atomic mass is 10.1. The molecule has 0 saturated carbocycles. The molecule has 0 aliphatic rings. The average Bonchev–Trinajstić information content (AvgIpc) is 3.19. The summed E-state index contributed by atoms with van der Waals surface area (Å²) in [4.78, 5) is 4.94. The Morgan fingerprint density at radius 3 is 2.09 bits per heavy atom. The van der Waals surface area contributed by atoms with E-state index in [1.165, 1.54) is 0 Å². The first-order valence-electron chi connectivity index (χ1n) is 11.0. The summed E-state index contributed by atoms with van der Waals surface area (Å²) < 4.78 is 7.89. The Balaban J connectivity index is 1.75. The van der Waals surface area contributed by atoms with Crippen LogP contribution in [0.15, 0.2) is 91.0 Å². The van der Waals surface area contributed by atoms with Crippen LogP contribution in [0.3, 0.4) is 0 Å². The van der Waals surface area contributed by atoms with Crippen molar-refractivity contribution in [3.05, 3.63) is 113 Å². The van der Waals surface area contributed by atoms with Gasteiger partial charge in [0, 0.05) is 34.1 Å². The summed E-state index contributed by atoms with van der Waals surface area (Å²) in [6, 6.07) is 30.2. The molecule has 0 saturated heterocycles. The van der Waals surface area contributed by atoms with Crippen molar-refractivity contribution in [1.29, 1.82) is 0 Å². The van der Waals surface area contributed by atoms with Crippen molar-refractivity contribution in [2.75, 3.05) is 6.61 Å². The van der Waals surface area contributed by atoms with Crippen LogP contribution >= 0.6 is 0 Å². The molecular formula is C30H22N2O. The van der Waals surface area contributed by atoms with Crippen molar-refractivity contribution < 1.29 is 4.74 Å². The van der Waals surface area contributed by atoms with Crippen LogP contribution in [-0.4, -0.2) is 16.2 Å². The van der Waals surface area contributed by atoms with Gasteiger partial charge in [-0.05, 0) is 49.2 Å². The highest BCUT2D eigenvalue weighted by molar-refractivity contribution is 6.09. The number of hydrogen-bond acceptors (Lipinski definition) is 2. The van der Waals surface area contributed by atoms with Crippen LogP contribution in [-0.2, 0) is 11.5 Å². The average molecular weight is 427 g/mol. The predicted octanol–water partition coefficient (Wildman–Crippen LogP) is 5.98. The van der Waals surface area contributed by atoms with Crippen molar-refractivity contribution >= 4 is 21.9 Å². The van der Waals surface area contributed by atoms with Crippen LogP contribution in [0, 0.1) is 23.7 Å². The summed E-state index contributed by atoms with van der Waals surface area (Å²) >= 11 is 0. The quantitative estimate of drug-likeness (QED) is 0.332. The van der Waals surface area contributed by atoms with E-state index in [4.69, 9.17) is 9.72 Å². The molecule has 0 atom stereocenters. The number of rotatable bonds is 3. The van der Waals surface area contributed by atoms with Gasteiger partial charge < -0.3 is 9.30 Å². The fraction of sp³-hybridized carbons (Fsp3) is 0.100. The predicted molar refractivity (Wildman–Crippen MR) is 134 cm³/mol. The Kier molecular flexibility index (Phi) is 5.89. The van der Waals surface area contributed by atoms with Crippen molar-refractivity contribution in [2.45, 2.75) is 13.7 Å². The Hall–Kier alpha value is -4.31. The van der Waals surface area contributed by atoms with Gasteiger partial charge in [-0.25, -0.2) is 4.98 Å². The van der Waals surface area contributed by atoms with Gasteiger partial charge in [0.05, 0.1) is 5.52 Å². The zero-order chi connectivity index (χ0) is 22.5. The standard InChI is InChI=1S/C30H22N2O/c1-2-33-22-32-28-16-10-9-15-27(28)29-25(19-17-23-11-5-3-6-12-23)21-26(31-30(29)32)20-18-24-13-7-4-8-14-24/h3-16,21H,2,22H2,1H3. The molecule has 0 N–H and O–H groups in total. The number of aromatic nitrogens is 2. The molecular weight excluding hydrogens is 404 g/mol. The number of para-hydroxylation sites is 1. The highest BCUT2D eigenvalue weighted by atomic mass is 16.5. The highest BCUT2D eigenvalue weighted by Crippen LogP contribution is 2.31. The lowest BCUT2D eigenvalue weighted by Gasteiger charge is -2.07. The Morgan fingerprint density at radius 1 is 0.758 bits per heavy atom. The molecule has 5 aromatic rings. The van der Waals surface area contributed by atoms with Gasteiger partial charge in [0.15, 0.2) is 0 Å². The second-order valence-corrected chi connectivity index (χ2v) is 7.55. The molecule has 3 heteroatoms. The Labute approximate surface area is 193 Å². The zero-order valence-electron chi connectivity index (χ0n) is 18.4. The van der Waals surface area contributed by atoms with Gasteiger partial charge in [0.2, 0.25) is 0 Å². The van der Waals surface area contributed by atoms with Crippen LogP contribution in [0.1, 0.15) is 29.3 Å². The summed E-state index contributed by atoms with van der Waals surface area (Å²) in [6.45, 7) is 3.05. The molecule has 3 aromatic carbocycles. The molecule has 2 aromatic heterocycles. The van der Waals surface area contributed by atoms with Crippen LogP contribution in [0.5, 0.6) is 0 Å². The fourth-order valence-corrected chi connectivity index (χ4v) is 3.82. The third-order valence-electron chi connectivity index (χ3n) is 5.37. The topological polar surface area (TPSA) is 27.1 Å². The Bertz CT molecular complexity index is 1540. The van der Waals surface area contributed by atoms with E-state index >= 15 is 0 Å². The van der Waals surface area contributed by atoms with Crippen molar-refractivity contribution in [2.24, 2.45) is 0 Å². The first-order valence-corrected chi connectivity index (χ1v) is 11.0. The van der Waals surface area contributed by atoms with E-state index in [0.717, 1.165) is 38.6 Å². The van der Waals surface area contributed by atoms with Gasteiger partial charge in [-0.1, -0.05) is 72.4 Å². The first kappa shape index (κ1) is 20.6. The maximum atomic E-state index is 5.78. The van der Waals surface area contributed by atoms with Gasteiger partial charge in [-0.2, -0.15) is 0 Å². The Morgan fingerprint density at radius 2 is 1.39 bits per heavy atom. The number of benzene rings is 3. The molecule has 0 bridgehead atoms. The molecule has 158 valence electrons. The minimum Gasteiger partial charge on any atom is -0.361 e. The van der Waals surface area contributed by atoms with Crippen LogP contribution in [0.25, 0.3) is 21.9 Å². The minimum absolute atomic E-state index is 0.425. The van der Waals surface area contributed by atoms with Gasteiger partial charge in [-0.3, -0.25) is 0 Å². The maximum absolute atomic E-state index is 5.78. The normalized spacial score (nSPS) is 10.5. The highest BCUT2D eigenvalue weighted by Gasteiger charge is 2.15. The lowest BCUT2D eigenvalue weighted by Crippen LogP contribution is -2.03. The zero-order valence-corrected chi connectivity index (χ0v) is 18.4. The van der Waals surface area contributed by atoms with Gasteiger partial charge in [-0.15, -0.1) is 0 Å². The van der Waals surface area contributed by atoms with Crippen LogP contribution < -0.4 is 0 Å². The second-order valence-electron chi connectivity index (χ2n) is 7.55. The third kappa shape index (κ3) is 4.37. The third-order valence-corrected chi connectivity index (χ3v) is 5.37. The SMILES string of the molecule is CCOCn1c2ccccc2c2c(C#Cc3ccccc3)cc(C#Cc3ccccc3)nc21. The molecule has 0 unspecified atom stereocenters. The summed E-state index contributed by atoms with van der Waals surface area (Å²) in [6.07, 6.45) is 0. The van der Waals surface area contributed by atoms with E-state index < -0.39 is 0 Å². The fourth-order valence-electron chi connectivity index (χ4n) is 3.82. The molecule has 33 heavy (non-hydrogen) atoms. The van der Waals surface area contributed by atoms with Crippen molar-refractivity contribution in [3.8, 4) is 23.7 Å². The number of hydrogen-bond donors (Lipinski definition) is 0. The molecule has 2 heterocycles.